The fourth-order valence-electron chi connectivity index (χ4n) is 3.27. The van der Waals surface area contributed by atoms with Gasteiger partial charge in [0.1, 0.15) is 11.5 Å². The minimum Gasteiger partial charge on any atom is -0.508 e. The lowest BCUT2D eigenvalue weighted by Crippen LogP contribution is -2.28. The van der Waals surface area contributed by atoms with Crippen LogP contribution in [0.1, 0.15) is 26.2 Å². The number of hydrogen-bond donors (Lipinski definition) is 2. The summed E-state index contributed by atoms with van der Waals surface area (Å²) in [6, 6.07) is 13.1. The van der Waals surface area contributed by atoms with E-state index in [2.05, 4.69) is 6.58 Å². The molecule has 0 bridgehead atoms. The summed E-state index contributed by atoms with van der Waals surface area (Å²) in [5.74, 6) is 0.448. The summed E-state index contributed by atoms with van der Waals surface area (Å²) in [5.41, 5.74) is 3.01. The van der Waals surface area contributed by atoms with Gasteiger partial charge in [-0.25, -0.2) is 0 Å². The van der Waals surface area contributed by atoms with E-state index in [-0.39, 0.29) is 17.4 Å². The average molecular weight is 349 g/mol. The van der Waals surface area contributed by atoms with Gasteiger partial charge in [-0.05, 0) is 56.4 Å². The van der Waals surface area contributed by atoms with Gasteiger partial charge in [-0.2, -0.15) is 0 Å². The Labute approximate surface area is 153 Å². The third kappa shape index (κ3) is 3.80. The van der Waals surface area contributed by atoms with Crippen molar-refractivity contribution in [2.24, 2.45) is 5.92 Å². The van der Waals surface area contributed by atoms with Crippen LogP contribution >= 0.6 is 0 Å². The summed E-state index contributed by atoms with van der Waals surface area (Å²) in [6.45, 7) is 6.04. The van der Waals surface area contributed by atoms with Gasteiger partial charge in [0.15, 0.2) is 0 Å². The van der Waals surface area contributed by atoms with Crippen molar-refractivity contribution in [2.75, 3.05) is 4.90 Å². The second-order valence-corrected chi connectivity index (χ2v) is 6.73. The zero-order chi connectivity index (χ0) is 18.7. The Morgan fingerprint density at radius 1 is 1.08 bits per heavy atom. The van der Waals surface area contributed by atoms with Gasteiger partial charge in [0.05, 0.1) is 11.4 Å². The minimum atomic E-state index is -0.138. The van der Waals surface area contributed by atoms with Gasteiger partial charge >= 0.3 is 0 Å². The summed E-state index contributed by atoms with van der Waals surface area (Å²) in [6.07, 6.45) is 4.39. The predicted octanol–water partition coefficient (Wildman–Crippen LogP) is 5.07. The first kappa shape index (κ1) is 17.8. The highest BCUT2D eigenvalue weighted by Gasteiger charge is 2.25. The number of rotatable bonds is 4. The van der Waals surface area contributed by atoms with E-state index in [1.807, 2.05) is 13.0 Å². The van der Waals surface area contributed by atoms with Crippen molar-refractivity contribution in [3.05, 3.63) is 72.3 Å². The lowest BCUT2D eigenvalue weighted by molar-refractivity contribution is -0.114. The maximum absolute atomic E-state index is 13.3. The van der Waals surface area contributed by atoms with Crippen molar-refractivity contribution in [3.63, 3.8) is 0 Å². The SMILES string of the molecule is C=C(C)C1CC=C(C(=O)N(c2cccc(O)c2)c2cccc(O)c2)CC1. The van der Waals surface area contributed by atoms with Crippen LogP contribution in [-0.2, 0) is 4.79 Å². The van der Waals surface area contributed by atoms with Crippen LogP contribution in [0.5, 0.6) is 11.5 Å². The molecule has 2 N–H and O–H groups in total. The number of allylic oxidation sites excluding steroid dienone is 2. The standard InChI is InChI=1S/C22H23NO3/c1-15(2)16-9-11-17(12-10-16)22(26)23(18-5-3-7-20(24)13-18)19-6-4-8-21(25)14-19/h3-8,11,13-14,16,24-25H,1,9-10,12H2,2H3. The maximum Gasteiger partial charge on any atom is 0.258 e. The number of aromatic hydroxyl groups is 2. The van der Waals surface area contributed by atoms with E-state index in [1.54, 1.807) is 48.5 Å². The lowest BCUT2D eigenvalue weighted by Gasteiger charge is -2.28. The predicted molar refractivity (Wildman–Crippen MR) is 104 cm³/mol. The molecule has 1 aliphatic carbocycles. The molecular weight excluding hydrogens is 326 g/mol. The number of carbonyl (C=O) groups is 1. The van der Waals surface area contributed by atoms with E-state index in [1.165, 1.54) is 4.90 Å². The molecule has 0 fully saturated rings. The molecule has 2 aromatic carbocycles. The van der Waals surface area contributed by atoms with Crippen LogP contribution in [0.4, 0.5) is 11.4 Å². The van der Waals surface area contributed by atoms with Crippen LogP contribution in [0.25, 0.3) is 0 Å². The highest BCUT2D eigenvalue weighted by Crippen LogP contribution is 2.35. The summed E-state index contributed by atoms with van der Waals surface area (Å²) in [5, 5.41) is 19.7. The van der Waals surface area contributed by atoms with E-state index in [9.17, 15) is 15.0 Å². The summed E-state index contributed by atoms with van der Waals surface area (Å²) in [7, 11) is 0. The molecule has 0 spiro atoms. The Kier molecular flexibility index (Phi) is 5.12. The van der Waals surface area contributed by atoms with Gasteiger partial charge < -0.3 is 10.2 Å². The van der Waals surface area contributed by atoms with Gasteiger partial charge in [0.2, 0.25) is 0 Å². The molecule has 0 aliphatic heterocycles. The van der Waals surface area contributed by atoms with Gasteiger partial charge in [-0.15, -0.1) is 0 Å². The molecule has 26 heavy (non-hydrogen) atoms. The van der Waals surface area contributed by atoms with Crippen LogP contribution < -0.4 is 4.90 Å². The molecule has 4 heteroatoms. The molecule has 1 unspecified atom stereocenters. The minimum absolute atomic E-state index is 0.0837. The largest absolute Gasteiger partial charge is 0.508 e. The van der Waals surface area contributed by atoms with Crippen LogP contribution in [0.15, 0.2) is 72.3 Å². The molecule has 3 rings (SSSR count). The molecule has 134 valence electrons. The van der Waals surface area contributed by atoms with E-state index in [0.29, 0.717) is 23.7 Å². The molecule has 0 radical (unpaired) electrons. The van der Waals surface area contributed by atoms with E-state index in [0.717, 1.165) is 24.0 Å². The number of phenolic OH excluding ortho intramolecular Hbond substituents is 2. The Hall–Kier alpha value is -3.01. The molecule has 1 aliphatic rings. The number of hydrogen-bond acceptors (Lipinski definition) is 3. The van der Waals surface area contributed by atoms with Crippen molar-refractivity contribution in [1.29, 1.82) is 0 Å². The van der Waals surface area contributed by atoms with E-state index >= 15 is 0 Å². The van der Waals surface area contributed by atoms with Crippen LogP contribution in [0, 0.1) is 5.92 Å². The van der Waals surface area contributed by atoms with Crippen LogP contribution in [0.2, 0.25) is 0 Å². The van der Waals surface area contributed by atoms with Gasteiger partial charge in [-0.1, -0.05) is 30.4 Å². The highest BCUT2D eigenvalue weighted by molar-refractivity contribution is 6.10. The molecule has 0 saturated heterocycles. The summed E-state index contributed by atoms with van der Waals surface area (Å²) < 4.78 is 0. The average Bonchev–Trinajstić information content (AvgIpc) is 2.62. The molecule has 0 aromatic heterocycles. The fraction of sp³-hybridized carbons (Fsp3) is 0.227. The van der Waals surface area contributed by atoms with Crippen molar-refractivity contribution in [2.45, 2.75) is 26.2 Å². The smallest absolute Gasteiger partial charge is 0.258 e. The van der Waals surface area contributed by atoms with E-state index < -0.39 is 0 Å². The van der Waals surface area contributed by atoms with E-state index in [4.69, 9.17) is 0 Å². The normalized spacial score (nSPS) is 16.7. The van der Waals surface area contributed by atoms with Gasteiger partial charge in [0, 0.05) is 17.7 Å². The number of benzene rings is 2. The third-order valence-corrected chi connectivity index (χ3v) is 4.76. The van der Waals surface area contributed by atoms with Crippen LogP contribution in [-0.4, -0.2) is 16.1 Å². The Balaban J connectivity index is 1.98. The van der Waals surface area contributed by atoms with Gasteiger partial charge in [0.25, 0.3) is 5.91 Å². The molecule has 0 saturated carbocycles. The maximum atomic E-state index is 13.3. The molecule has 1 amide bonds. The molecule has 0 heterocycles. The Morgan fingerprint density at radius 3 is 2.08 bits per heavy atom. The molecule has 2 aromatic rings. The Bertz CT molecular complexity index is 824. The van der Waals surface area contributed by atoms with Crippen molar-refractivity contribution < 1.29 is 15.0 Å². The fourth-order valence-corrected chi connectivity index (χ4v) is 3.27. The van der Waals surface area contributed by atoms with Gasteiger partial charge in [-0.3, -0.25) is 9.69 Å². The number of nitrogens with zero attached hydrogens (tertiary/aromatic N) is 1. The van der Waals surface area contributed by atoms with Crippen LogP contribution in [0.3, 0.4) is 0 Å². The summed E-state index contributed by atoms with van der Waals surface area (Å²) >= 11 is 0. The molecule has 4 nitrogen and oxygen atoms in total. The lowest BCUT2D eigenvalue weighted by atomic mass is 9.85. The second-order valence-electron chi connectivity index (χ2n) is 6.73. The number of amides is 1. The second kappa shape index (κ2) is 7.48. The zero-order valence-corrected chi connectivity index (χ0v) is 14.9. The number of anilines is 2. The monoisotopic (exact) mass is 349 g/mol. The Morgan fingerprint density at radius 2 is 1.65 bits per heavy atom. The molecular formula is C22H23NO3. The zero-order valence-electron chi connectivity index (χ0n) is 14.9. The van der Waals surface area contributed by atoms with Crippen molar-refractivity contribution in [1.82, 2.24) is 0 Å². The third-order valence-electron chi connectivity index (χ3n) is 4.76. The first-order chi connectivity index (χ1) is 12.5. The number of phenols is 2. The first-order valence-corrected chi connectivity index (χ1v) is 8.72. The summed E-state index contributed by atoms with van der Waals surface area (Å²) in [4.78, 5) is 14.8. The number of carbonyl (C=O) groups excluding carboxylic acids is 1. The first-order valence-electron chi connectivity index (χ1n) is 8.72. The quantitative estimate of drug-likeness (QED) is 0.758. The van der Waals surface area contributed by atoms with Crippen molar-refractivity contribution >= 4 is 17.3 Å². The highest BCUT2D eigenvalue weighted by atomic mass is 16.3. The topological polar surface area (TPSA) is 60.8 Å². The molecule has 1 atom stereocenters. The van der Waals surface area contributed by atoms with Crippen molar-refractivity contribution in [3.8, 4) is 11.5 Å².